The van der Waals surface area contributed by atoms with Crippen molar-refractivity contribution in [3.8, 4) is 5.75 Å². The highest BCUT2D eigenvalue weighted by Crippen LogP contribution is 2.25. The molecule has 0 bridgehead atoms. The molecule has 1 aromatic carbocycles. The van der Waals surface area contributed by atoms with Crippen LogP contribution in [0.15, 0.2) is 18.2 Å². The van der Waals surface area contributed by atoms with Crippen LogP contribution in [0.3, 0.4) is 0 Å². The van der Waals surface area contributed by atoms with E-state index in [4.69, 9.17) is 9.84 Å². The van der Waals surface area contributed by atoms with Gasteiger partial charge in [0.2, 0.25) is 0 Å². The van der Waals surface area contributed by atoms with Crippen molar-refractivity contribution in [3.63, 3.8) is 0 Å². The summed E-state index contributed by atoms with van der Waals surface area (Å²) in [7, 11) is 0. The van der Waals surface area contributed by atoms with E-state index in [0.29, 0.717) is 0 Å². The van der Waals surface area contributed by atoms with Crippen LogP contribution in [0.25, 0.3) is 0 Å². The van der Waals surface area contributed by atoms with E-state index in [1.807, 2.05) is 0 Å². The molecule has 1 N–H and O–H groups in total. The van der Waals surface area contributed by atoms with Crippen LogP contribution in [-0.2, 0) is 12.8 Å². The van der Waals surface area contributed by atoms with Gasteiger partial charge in [0, 0.05) is 6.61 Å². The maximum Gasteiger partial charge on any atom is 0.122 e. The molecule has 0 saturated carbocycles. The van der Waals surface area contributed by atoms with Crippen molar-refractivity contribution < 1.29 is 9.84 Å². The fourth-order valence-electron chi connectivity index (χ4n) is 1.85. The summed E-state index contributed by atoms with van der Waals surface area (Å²) in [6.07, 6.45) is 4.06. The Balaban J connectivity index is 2.12. The van der Waals surface area contributed by atoms with Gasteiger partial charge in [-0.2, -0.15) is 0 Å². The molecule has 0 amide bonds. The highest BCUT2D eigenvalue weighted by molar-refractivity contribution is 5.38. The molecule has 0 aliphatic carbocycles. The van der Waals surface area contributed by atoms with Gasteiger partial charge in [-0.25, -0.2) is 0 Å². The lowest BCUT2D eigenvalue weighted by Crippen LogP contribution is -2.08. The molecular formula is C12H16O2. The van der Waals surface area contributed by atoms with Crippen molar-refractivity contribution in [2.75, 3.05) is 13.2 Å². The number of aliphatic hydroxyl groups excluding tert-OH is 1. The van der Waals surface area contributed by atoms with Crippen LogP contribution < -0.4 is 4.74 Å². The van der Waals surface area contributed by atoms with Gasteiger partial charge >= 0.3 is 0 Å². The molecule has 2 heteroatoms. The van der Waals surface area contributed by atoms with Crippen molar-refractivity contribution in [1.29, 1.82) is 0 Å². The van der Waals surface area contributed by atoms with Crippen LogP contribution in [-0.4, -0.2) is 18.3 Å². The summed E-state index contributed by atoms with van der Waals surface area (Å²) in [5, 5.41) is 8.74. The van der Waals surface area contributed by atoms with Crippen LogP contribution >= 0.6 is 0 Å². The van der Waals surface area contributed by atoms with Crippen molar-refractivity contribution in [2.45, 2.75) is 25.7 Å². The quantitative estimate of drug-likeness (QED) is 0.793. The fourth-order valence-corrected chi connectivity index (χ4v) is 1.85. The Morgan fingerprint density at radius 1 is 1.36 bits per heavy atom. The summed E-state index contributed by atoms with van der Waals surface area (Å²) in [6, 6.07) is 6.37. The summed E-state index contributed by atoms with van der Waals surface area (Å²) in [5.41, 5.74) is 2.63. The van der Waals surface area contributed by atoms with Crippen molar-refractivity contribution >= 4 is 0 Å². The summed E-state index contributed by atoms with van der Waals surface area (Å²) in [5.74, 6) is 1.05. The third kappa shape index (κ3) is 2.07. The molecule has 76 valence electrons. The first kappa shape index (κ1) is 9.53. The molecule has 0 atom stereocenters. The number of hydrogen-bond acceptors (Lipinski definition) is 2. The third-order valence-electron chi connectivity index (χ3n) is 2.60. The highest BCUT2D eigenvalue weighted by Gasteiger charge is 2.09. The summed E-state index contributed by atoms with van der Waals surface area (Å²) in [4.78, 5) is 0. The lowest BCUT2D eigenvalue weighted by atomic mass is 10.0. The fraction of sp³-hybridized carbons (Fsp3) is 0.500. The van der Waals surface area contributed by atoms with Crippen LogP contribution in [0.2, 0.25) is 0 Å². The van der Waals surface area contributed by atoms with Crippen molar-refractivity contribution in [1.82, 2.24) is 0 Å². The van der Waals surface area contributed by atoms with E-state index >= 15 is 0 Å². The number of aryl methyl sites for hydroxylation is 2. The van der Waals surface area contributed by atoms with Gasteiger partial charge in [0.25, 0.3) is 0 Å². The van der Waals surface area contributed by atoms with Gasteiger partial charge in [-0.3, -0.25) is 0 Å². The number of benzene rings is 1. The SMILES string of the molecule is OCCCc1ccc2c(c1)CCCO2. The maximum absolute atomic E-state index is 8.74. The largest absolute Gasteiger partial charge is 0.493 e. The molecule has 0 radical (unpaired) electrons. The molecule has 1 aliphatic heterocycles. The topological polar surface area (TPSA) is 29.5 Å². The first-order chi connectivity index (χ1) is 6.90. The lowest BCUT2D eigenvalue weighted by molar-refractivity contribution is 0.286. The third-order valence-corrected chi connectivity index (χ3v) is 2.60. The normalized spacial score (nSPS) is 14.6. The Bertz CT molecular complexity index is 307. The predicted molar refractivity (Wildman–Crippen MR) is 55.7 cm³/mol. The molecule has 0 saturated heterocycles. The van der Waals surface area contributed by atoms with E-state index < -0.39 is 0 Å². The maximum atomic E-state index is 8.74. The van der Waals surface area contributed by atoms with Crippen molar-refractivity contribution in [3.05, 3.63) is 29.3 Å². The summed E-state index contributed by atoms with van der Waals surface area (Å²) < 4.78 is 5.53. The molecule has 2 nitrogen and oxygen atoms in total. The average Bonchev–Trinajstić information content (AvgIpc) is 2.26. The monoisotopic (exact) mass is 192 g/mol. The zero-order valence-corrected chi connectivity index (χ0v) is 8.33. The van der Waals surface area contributed by atoms with E-state index in [2.05, 4.69) is 18.2 Å². The van der Waals surface area contributed by atoms with E-state index in [-0.39, 0.29) is 6.61 Å². The molecule has 0 fully saturated rings. The van der Waals surface area contributed by atoms with Gasteiger partial charge in [0.05, 0.1) is 6.61 Å². The van der Waals surface area contributed by atoms with Gasteiger partial charge in [0.1, 0.15) is 5.75 Å². The number of hydrogen-bond donors (Lipinski definition) is 1. The summed E-state index contributed by atoms with van der Waals surface area (Å²) in [6.45, 7) is 1.12. The minimum atomic E-state index is 0.271. The van der Waals surface area contributed by atoms with E-state index in [1.165, 1.54) is 11.1 Å². The Hall–Kier alpha value is -1.02. The zero-order chi connectivity index (χ0) is 9.80. The van der Waals surface area contributed by atoms with Gasteiger partial charge in [-0.05, 0) is 42.9 Å². The Morgan fingerprint density at radius 2 is 2.29 bits per heavy atom. The second-order valence-corrected chi connectivity index (χ2v) is 3.72. The second-order valence-electron chi connectivity index (χ2n) is 3.72. The Kier molecular flexibility index (Phi) is 3.04. The van der Waals surface area contributed by atoms with Crippen LogP contribution in [0.1, 0.15) is 24.0 Å². The molecule has 1 aliphatic rings. The minimum Gasteiger partial charge on any atom is -0.493 e. The lowest BCUT2D eigenvalue weighted by Gasteiger charge is -2.17. The molecule has 2 rings (SSSR count). The first-order valence-corrected chi connectivity index (χ1v) is 5.25. The van der Waals surface area contributed by atoms with Crippen LogP contribution in [0.4, 0.5) is 0 Å². The van der Waals surface area contributed by atoms with E-state index in [1.54, 1.807) is 0 Å². The van der Waals surface area contributed by atoms with Gasteiger partial charge in [-0.15, -0.1) is 0 Å². The van der Waals surface area contributed by atoms with E-state index in [0.717, 1.165) is 38.0 Å². The number of rotatable bonds is 3. The number of fused-ring (bicyclic) bond motifs is 1. The smallest absolute Gasteiger partial charge is 0.122 e. The van der Waals surface area contributed by atoms with Gasteiger partial charge in [-0.1, -0.05) is 12.1 Å². The summed E-state index contributed by atoms with van der Waals surface area (Å²) >= 11 is 0. The van der Waals surface area contributed by atoms with Crippen LogP contribution in [0.5, 0.6) is 5.75 Å². The number of ether oxygens (including phenoxy) is 1. The molecular weight excluding hydrogens is 176 g/mol. The van der Waals surface area contributed by atoms with E-state index in [9.17, 15) is 0 Å². The standard InChI is InChI=1S/C12H16O2/c13-7-1-3-10-5-6-12-11(9-10)4-2-8-14-12/h5-6,9,13H,1-4,7-8H2. The first-order valence-electron chi connectivity index (χ1n) is 5.25. The molecule has 14 heavy (non-hydrogen) atoms. The molecule has 0 aromatic heterocycles. The Labute approximate surface area is 84.5 Å². The molecule has 0 unspecified atom stereocenters. The van der Waals surface area contributed by atoms with Crippen LogP contribution in [0, 0.1) is 0 Å². The van der Waals surface area contributed by atoms with Crippen molar-refractivity contribution in [2.24, 2.45) is 0 Å². The predicted octanol–water partition coefficient (Wildman–Crippen LogP) is 1.94. The Morgan fingerprint density at radius 3 is 3.14 bits per heavy atom. The average molecular weight is 192 g/mol. The molecule has 0 spiro atoms. The second kappa shape index (κ2) is 4.47. The zero-order valence-electron chi connectivity index (χ0n) is 8.33. The molecule has 1 aromatic rings. The highest BCUT2D eigenvalue weighted by atomic mass is 16.5. The minimum absolute atomic E-state index is 0.271. The number of aliphatic hydroxyl groups is 1. The van der Waals surface area contributed by atoms with Gasteiger partial charge in [0.15, 0.2) is 0 Å². The van der Waals surface area contributed by atoms with Gasteiger partial charge < -0.3 is 9.84 Å². The molecule has 1 heterocycles.